The average molecular weight is 319 g/mol. The molecule has 0 aliphatic heterocycles. The number of carbonyl (C=O) groups is 1. The molecule has 0 fully saturated rings. The van der Waals surface area contributed by atoms with E-state index in [9.17, 15) is 4.79 Å². The van der Waals surface area contributed by atoms with Crippen molar-refractivity contribution in [2.24, 2.45) is 5.73 Å². The lowest BCUT2D eigenvalue weighted by molar-refractivity contribution is -0.111. The van der Waals surface area contributed by atoms with E-state index in [0.29, 0.717) is 0 Å². The van der Waals surface area contributed by atoms with E-state index in [4.69, 9.17) is 4.74 Å². The fourth-order valence-electron chi connectivity index (χ4n) is 1.06. The van der Waals surface area contributed by atoms with E-state index in [1.807, 2.05) is 6.08 Å². The third-order valence-electron chi connectivity index (χ3n) is 2.17. The Hall–Kier alpha value is -0.710. The van der Waals surface area contributed by atoms with E-state index in [0.717, 1.165) is 32.2 Å². The molecule has 4 heteroatoms. The molecule has 0 atom stereocenters. The van der Waals surface area contributed by atoms with Crippen molar-refractivity contribution in [1.82, 2.24) is 5.32 Å². The summed E-state index contributed by atoms with van der Waals surface area (Å²) < 4.78 is 4.86. The van der Waals surface area contributed by atoms with E-state index in [2.05, 4.69) is 45.3 Å². The second-order valence-corrected chi connectivity index (χ2v) is 4.42. The minimum absolute atomic E-state index is 0.250. The molecule has 0 aromatic carbocycles. The lowest BCUT2D eigenvalue weighted by Gasteiger charge is -1.95. The van der Waals surface area contributed by atoms with Crippen LogP contribution in [0.2, 0.25) is 0 Å². The molecule has 0 aromatic heterocycles. The molecule has 0 aromatic rings. The zero-order valence-electron chi connectivity index (χ0n) is 15.8. The molecule has 3 N–H and O–H groups in total. The summed E-state index contributed by atoms with van der Waals surface area (Å²) in [7, 11) is 1.50. The molecule has 4 nitrogen and oxygen atoms in total. The molecule has 0 rings (SSSR count). The SMILES string of the molecule is C=CCCC.CCCCOCC=O.CCCNCCC.CN. The Kier molecular flexibility index (Phi) is 57.0. The molecule has 0 spiro atoms. The minimum atomic E-state index is 0.250. The lowest BCUT2D eigenvalue weighted by Crippen LogP contribution is -2.14. The highest BCUT2D eigenvalue weighted by Gasteiger charge is 1.81. The first-order valence-corrected chi connectivity index (χ1v) is 8.65. The molecule has 0 bridgehead atoms. The first-order chi connectivity index (χ1) is 10.7. The zero-order valence-corrected chi connectivity index (χ0v) is 15.8. The molecular formula is C18H42N2O2. The van der Waals surface area contributed by atoms with Crippen LogP contribution < -0.4 is 11.1 Å². The first kappa shape index (κ1) is 29.3. The van der Waals surface area contributed by atoms with Gasteiger partial charge in [0.15, 0.2) is 0 Å². The molecule has 0 amide bonds. The summed E-state index contributed by atoms with van der Waals surface area (Å²) in [5, 5.41) is 3.28. The maximum atomic E-state index is 9.64. The van der Waals surface area contributed by atoms with Crippen molar-refractivity contribution in [1.29, 1.82) is 0 Å². The Morgan fingerprint density at radius 1 is 1.00 bits per heavy atom. The summed E-state index contributed by atoms with van der Waals surface area (Å²) in [6.07, 6.45) is 9.76. The van der Waals surface area contributed by atoms with Crippen molar-refractivity contribution in [3.8, 4) is 0 Å². The van der Waals surface area contributed by atoms with Gasteiger partial charge in [-0.05, 0) is 45.8 Å². The summed E-state index contributed by atoms with van der Waals surface area (Å²) in [5.41, 5.74) is 4.50. The quantitative estimate of drug-likeness (QED) is 0.344. The predicted octanol–water partition coefficient (Wildman–Crippen LogP) is 3.95. The summed E-state index contributed by atoms with van der Waals surface area (Å²) in [4.78, 5) is 9.64. The van der Waals surface area contributed by atoms with Crippen LogP contribution >= 0.6 is 0 Å². The number of hydrogen-bond donors (Lipinski definition) is 2. The van der Waals surface area contributed by atoms with Gasteiger partial charge < -0.3 is 20.6 Å². The van der Waals surface area contributed by atoms with Gasteiger partial charge in [0.2, 0.25) is 0 Å². The maximum Gasteiger partial charge on any atom is 0.145 e. The number of aldehydes is 1. The van der Waals surface area contributed by atoms with Crippen molar-refractivity contribution >= 4 is 6.29 Å². The maximum absolute atomic E-state index is 9.64. The molecule has 0 unspecified atom stereocenters. The summed E-state index contributed by atoms with van der Waals surface area (Å²) >= 11 is 0. The number of rotatable bonds is 11. The van der Waals surface area contributed by atoms with E-state index >= 15 is 0 Å². The van der Waals surface area contributed by atoms with Gasteiger partial charge in [-0.1, -0.05) is 46.6 Å². The predicted molar refractivity (Wildman–Crippen MR) is 100 cm³/mol. The van der Waals surface area contributed by atoms with Crippen LogP contribution in [-0.4, -0.2) is 39.6 Å². The molecule has 0 aliphatic rings. The second kappa shape index (κ2) is 42.7. The van der Waals surface area contributed by atoms with Crippen LogP contribution in [0.3, 0.4) is 0 Å². The second-order valence-electron chi connectivity index (χ2n) is 4.42. The number of nitrogens with two attached hydrogens (primary N) is 1. The van der Waals surface area contributed by atoms with Gasteiger partial charge in [-0.2, -0.15) is 0 Å². The summed E-state index contributed by atoms with van der Waals surface area (Å²) in [5.74, 6) is 0. The number of unbranched alkanes of at least 4 members (excludes halogenated alkanes) is 2. The van der Waals surface area contributed by atoms with Gasteiger partial charge in [0.05, 0.1) is 0 Å². The van der Waals surface area contributed by atoms with Gasteiger partial charge in [0, 0.05) is 6.61 Å². The van der Waals surface area contributed by atoms with E-state index in [-0.39, 0.29) is 6.61 Å². The third kappa shape index (κ3) is 60.9. The normalized spacial score (nSPS) is 8.27. The van der Waals surface area contributed by atoms with Gasteiger partial charge >= 0.3 is 0 Å². The summed E-state index contributed by atoms with van der Waals surface area (Å²) in [6, 6.07) is 0. The number of carbonyl (C=O) groups excluding carboxylic acids is 1. The molecule has 0 aliphatic carbocycles. The Morgan fingerprint density at radius 3 is 1.82 bits per heavy atom. The number of nitrogens with one attached hydrogen (secondary N) is 1. The van der Waals surface area contributed by atoms with Gasteiger partial charge in [0.25, 0.3) is 0 Å². The van der Waals surface area contributed by atoms with Crippen LogP contribution in [0, 0.1) is 0 Å². The average Bonchev–Trinajstić information content (AvgIpc) is 2.56. The third-order valence-corrected chi connectivity index (χ3v) is 2.17. The largest absolute Gasteiger partial charge is 0.374 e. The zero-order chi connectivity index (χ0) is 17.9. The Labute approximate surface area is 139 Å². The Morgan fingerprint density at radius 2 is 1.55 bits per heavy atom. The molecule has 0 radical (unpaired) electrons. The molecular weight excluding hydrogens is 276 g/mol. The van der Waals surface area contributed by atoms with E-state index in [1.54, 1.807) is 0 Å². The standard InChI is InChI=1S/C6H15N.C6H12O2.C5H10.CH5N/c1-3-5-7-6-4-2;1-2-3-5-8-6-4-7;1-3-5-4-2;1-2/h7H,3-6H2,1-2H3;4H,2-3,5-6H2,1H3;3H,1,4-5H2,2H3;2H2,1H3. The molecule has 22 heavy (non-hydrogen) atoms. The number of ether oxygens (including phenoxy) is 1. The molecule has 0 saturated heterocycles. The van der Waals surface area contributed by atoms with Crippen molar-refractivity contribution < 1.29 is 9.53 Å². The highest BCUT2D eigenvalue weighted by Crippen LogP contribution is 1.85. The monoisotopic (exact) mass is 318 g/mol. The molecule has 0 heterocycles. The van der Waals surface area contributed by atoms with Crippen LogP contribution in [0.5, 0.6) is 0 Å². The van der Waals surface area contributed by atoms with Crippen LogP contribution in [0.25, 0.3) is 0 Å². The van der Waals surface area contributed by atoms with Crippen molar-refractivity contribution in [3.05, 3.63) is 12.7 Å². The van der Waals surface area contributed by atoms with Gasteiger partial charge in [-0.3, -0.25) is 0 Å². The Balaban J connectivity index is -0.000000107. The van der Waals surface area contributed by atoms with Crippen molar-refractivity contribution in [2.75, 3.05) is 33.4 Å². The van der Waals surface area contributed by atoms with Crippen molar-refractivity contribution in [2.45, 2.75) is 66.2 Å². The minimum Gasteiger partial charge on any atom is -0.374 e. The van der Waals surface area contributed by atoms with Crippen LogP contribution in [0.1, 0.15) is 66.2 Å². The fourth-order valence-corrected chi connectivity index (χ4v) is 1.06. The molecule has 0 saturated carbocycles. The van der Waals surface area contributed by atoms with Gasteiger partial charge in [-0.25, -0.2) is 0 Å². The van der Waals surface area contributed by atoms with E-state index < -0.39 is 0 Å². The molecule has 136 valence electrons. The topological polar surface area (TPSA) is 64.3 Å². The van der Waals surface area contributed by atoms with Crippen LogP contribution in [-0.2, 0) is 9.53 Å². The number of hydrogen-bond acceptors (Lipinski definition) is 4. The van der Waals surface area contributed by atoms with Crippen LogP contribution in [0.15, 0.2) is 12.7 Å². The Bertz CT molecular complexity index is 161. The van der Waals surface area contributed by atoms with Gasteiger partial charge in [-0.15, -0.1) is 6.58 Å². The van der Waals surface area contributed by atoms with Crippen molar-refractivity contribution in [3.63, 3.8) is 0 Å². The highest BCUT2D eigenvalue weighted by molar-refractivity contribution is 5.50. The van der Waals surface area contributed by atoms with E-state index in [1.165, 1.54) is 39.4 Å². The smallest absolute Gasteiger partial charge is 0.145 e. The van der Waals surface area contributed by atoms with Crippen LogP contribution in [0.4, 0.5) is 0 Å². The highest BCUT2D eigenvalue weighted by atomic mass is 16.5. The summed E-state index contributed by atoms with van der Waals surface area (Å²) in [6.45, 7) is 15.5. The fraction of sp³-hybridized carbons (Fsp3) is 0.833. The van der Waals surface area contributed by atoms with Gasteiger partial charge in [0.1, 0.15) is 12.9 Å². The number of allylic oxidation sites excluding steroid dienone is 1. The lowest BCUT2D eigenvalue weighted by atomic mass is 10.3. The first-order valence-electron chi connectivity index (χ1n) is 8.65.